The molecule has 0 amide bonds. The first kappa shape index (κ1) is 21.3. The van der Waals surface area contributed by atoms with Gasteiger partial charge in [-0.1, -0.05) is 30.7 Å². The zero-order valence-corrected chi connectivity index (χ0v) is 18.4. The number of aromatic nitrogens is 2. The molecule has 7 nitrogen and oxygen atoms in total. The monoisotopic (exact) mass is 414 g/mol. The van der Waals surface area contributed by atoms with Crippen molar-refractivity contribution in [3.8, 4) is 16.3 Å². The SMILES string of the molecule is CCCC1(CNC)CN(c2nnc(-c3ccc(C(C=NC)=CN)cc3OC)s2)C1. The first-order valence-electron chi connectivity index (χ1n) is 9.85. The summed E-state index contributed by atoms with van der Waals surface area (Å²) in [5, 5.41) is 14.0. The van der Waals surface area contributed by atoms with Crippen molar-refractivity contribution in [2.45, 2.75) is 19.8 Å². The molecular weight excluding hydrogens is 384 g/mol. The van der Waals surface area contributed by atoms with Gasteiger partial charge in [0.25, 0.3) is 0 Å². The molecule has 8 heteroatoms. The topological polar surface area (TPSA) is 88.7 Å². The average molecular weight is 415 g/mol. The minimum absolute atomic E-state index is 0.348. The highest BCUT2D eigenvalue weighted by Crippen LogP contribution is 2.42. The van der Waals surface area contributed by atoms with Crippen LogP contribution in [0.15, 0.2) is 29.4 Å². The number of benzene rings is 1. The molecule has 1 fully saturated rings. The van der Waals surface area contributed by atoms with Crippen molar-refractivity contribution in [2.75, 3.05) is 45.7 Å². The van der Waals surface area contributed by atoms with E-state index < -0.39 is 0 Å². The Balaban J connectivity index is 1.80. The van der Waals surface area contributed by atoms with Gasteiger partial charge < -0.3 is 20.7 Å². The van der Waals surface area contributed by atoms with Crippen LogP contribution in [-0.4, -0.2) is 57.3 Å². The molecule has 3 N–H and O–H groups in total. The second-order valence-corrected chi connectivity index (χ2v) is 8.41. The zero-order chi connectivity index (χ0) is 20.9. The summed E-state index contributed by atoms with van der Waals surface area (Å²) in [6, 6.07) is 5.96. The second kappa shape index (κ2) is 9.37. The molecule has 0 saturated carbocycles. The summed E-state index contributed by atoms with van der Waals surface area (Å²) in [5.74, 6) is 0.744. The molecule has 0 atom stereocenters. The number of hydrogen-bond acceptors (Lipinski definition) is 8. The molecule has 156 valence electrons. The molecular formula is C21H30N6OS. The van der Waals surface area contributed by atoms with Gasteiger partial charge >= 0.3 is 0 Å². The molecule has 2 aromatic rings. The molecule has 1 aliphatic rings. The summed E-state index contributed by atoms with van der Waals surface area (Å²) in [6.07, 6.45) is 5.70. The zero-order valence-electron chi connectivity index (χ0n) is 17.6. The van der Waals surface area contributed by atoms with Crippen LogP contribution in [0.1, 0.15) is 25.3 Å². The summed E-state index contributed by atoms with van der Waals surface area (Å²) < 4.78 is 5.62. The van der Waals surface area contributed by atoms with E-state index >= 15 is 0 Å². The van der Waals surface area contributed by atoms with Crippen molar-refractivity contribution in [3.05, 3.63) is 30.0 Å². The predicted molar refractivity (Wildman–Crippen MR) is 122 cm³/mol. The van der Waals surface area contributed by atoms with E-state index in [0.29, 0.717) is 5.41 Å². The van der Waals surface area contributed by atoms with Crippen molar-refractivity contribution >= 4 is 28.3 Å². The summed E-state index contributed by atoms with van der Waals surface area (Å²) in [7, 11) is 5.41. The Kier molecular flexibility index (Phi) is 6.87. The van der Waals surface area contributed by atoms with Gasteiger partial charge in [0.05, 0.1) is 12.7 Å². The molecule has 0 radical (unpaired) electrons. The Labute approximate surface area is 176 Å². The second-order valence-electron chi connectivity index (χ2n) is 7.45. The van der Waals surface area contributed by atoms with Crippen molar-refractivity contribution in [2.24, 2.45) is 16.1 Å². The summed E-state index contributed by atoms with van der Waals surface area (Å²) in [4.78, 5) is 6.37. The van der Waals surface area contributed by atoms with Crippen LogP contribution < -0.4 is 20.7 Å². The van der Waals surface area contributed by atoms with E-state index in [1.807, 2.05) is 25.2 Å². The summed E-state index contributed by atoms with van der Waals surface area (Å²) in [5.41, 5.74) is 8.80. The lowest BCUT2D eigenvalue weighted by atomic mass is 9.76. The van der Waals surface area contributed by atoms with Gasteiger partial charge in [0.15, 0.2) is 5.01 Å². The number of nitrogens with zero attached hydrogens (tertiary/aromatic N) is 4. The van der Waals surface area contributed by atoms with Gasteiger partial charge in [-0.25, -0.2) is 0 Å². The maximum absolute atomic E-state index is 5.73. The average Bonchev–Trinajstić information content (AvgIpc) is 3.19. The molecule has 1 aromatic heterocycles. The Bertz CT molecular complexity index is 877. The molecule has 3 rings (SSSR count). The molecule has 1 saturated heterocycles. The summed E-state index contributed by atoms with van der Waals surface area (Å²) >= 11 is 1.60. The lowest BCUT2D eigenvalue weighted by molar-refractivity contribution is 0.189. The number of methoxy groups -OCH3 is 1. The predicted octanol–water partition coefficient (Wildman–Crippen LogP) is 3.04. The van der Waals surface area contributed by atoms with E-state index in [-0.39, 0.29) is 0 Å². The Morgan fingerprint density at radius 2 is 2.21 bits per heavy atom. The van der Waals surface area contributed by atoms with Crippen molar-refractivity contribution in [3.63, 3.8) is 0 Å². The first-order valence-corrected chi connectivity index (χ1v) is 10.7. The normalized spacial score (nSPS) is 16.3. The third-order valence-electron chi connectivity index (χ3n) is 5.28. The smallest absolute Gasteiger partial charge is 0.208 e. The van der Waals surface area contributed by atoms with Crippen molar-refractivity contribution in [1.29, 1.82) is 0 Å². The molecule has 0 bridgehead atoms. The maximum atomic E-state index is 5.73. The highest BCUT2D eigenvalue weighted by molar-refractivity contribution is 7.18. The Morgan fingerprint density at radius 1 is 1.41 bits per heavy atom. The van der Waals surface area contributed by atoms with Gasteiger partial charge in [-0.15, -0.1) is 10.2 Å². The highest BCUT2D eigenvalue weighted by Gasteiger charge is 2.43. The van der Waals surface area contributed by atoms with Crippen LogP contribution in [-0.2, 0) is 0 Å². The third-order valence-corrected chi connectivity index (χ3v) is 6.30. The standard InChI is InChI=1S/C21H30N6OS/c1-5-8-21(12-24-3)13-27(14-21)20-26-25-19(29-20)17-7-6-15(9-18(17)28-4)16(10-22)11-23-2/h6-7,9-11,24H,5,8,12-14,22H2,1-4H3. The van der Waals surface area contributed by atoms with Crippen molar-refractivity contribution in [1.82, 2.24) is 15.5 Å². The quantitative estimate of drug-likeness (QED) is 0.613. The highest BCUT2D eigenvalue weighted by atomic mass is 32.1. The van der Waals surface area contributed by atoms with Crippen LogP contribution in [0.25, 0.3) is 16.1 Å². The van der Waals surface area contributed by atoms with Crippen molar-refractivity contribution < 1.29 is 4.74 Å². The first-order chi connectivity index (χ1) is 14.1. The van der Waals surface area contributed by atoms with Crippen LogP contribution in [0.2, 0.25) is 0 Å². The Hall–Kier alpha value is -2.45. The van der Waals surface area contributed by atoms with Crippen LogP contribution in [0.5, 0.6) is 5.75 Å². The Morgan fingerprint density at radius 3 is 2.83 bits per heavy atom. The minimum Gasteiger partial charge on any atom is -0.496 e. The fourth-order valence-corrected chi connectivity index (χ4v) is 4.89. The molecule has 0 spiro atoms. The van der Waals surface area contributed by atoms with E-state index in [1.54, 1.807) is 37.9 Å². The van der Waals surface area contributed by atoms with E-state index in [0.717, 1.165) is 52.2 Å². The van der Waals surface area contributed by atoms with Gasteiger partial charge in [-0.2, -0.15) is 0 Å². The fraction of sp³-hybridized carbons (Fsp3) is 0.476. The number of aliphatic imine (C=N–C) groups is 1. The maximum Gasteiger partial charge on any atom is 0.208 e. The fourth-order valence-electron chi connectivity index (χ4n) is 4.01. The van der Waals surface area contributed by atoms with E-state index in [4.69, 9.17) is 10.5 Å². The summed E-state index contributed by atoms with van der Waals surface area (Å²) in [6.45, 7) is 5.33. The van der Waals surface area contributed by atoms with Gasteiger partial charge in [0, 0.05) is 50.1 Å². The molecule has 29 heavy (non-hydrogen) atoms. The largest absolute Gasteiger partial charge is 0.496 e. The number of nitrogens with two attached hydrogens (primary N) is 1. The number of anilines is 1. The number of hydrogen-bond donors (Lipinski definition) is 2. The number of nitrogens with one attached hydrogen (secondary N) is 1. The van der Waals surface area contributed by atoms with Crippen LogP contribution >= 0.6 is 11.3 Å². The third kappa shape index (κ3) is 4.43. The number of rotatable bonds is 9. The van der Waals surface area contributed by atoms with Gasteiger partial charge in [0.1, 0.15) is 5.75 Å². The molecule has 1 aliphatic heterocycles. The number of ether oxygens (including phenoxy) is 1. The lowest BCUT2D eigenvalue weighted by Gasteiger charge is -2.50. The van der Waals surface area contributed by atoms with Gasteiger partial charge in [-0.3, -0.25) is 4.99 Å². The van der Waals surface area contributed by atoms with Crippen LogP contribution in [0, 0.1) is 5.41 Å². The van der Waals surface area contributed by atoms with E-state index in [1.165, 1.54) is 12.8 Å². The minimum atomic E-state index is 0.348. The van der Waals surface area contributed by atoms with Gasteiger partial charge in [-0.05, 0) is 31.2 Å². The van der Waals surface area contributed by atoms with Crippen LogP contribution in [0.3, 0.4) is 0 Å². The van der Waals surface area contributed by atoms with Gasteiger partial charge in [0.2, 0.25) is 5.13 Å². The lowest BCUT2D eigenvalue weighted by Crippen LogP contribution is -2.60. The molecule has 1 aromatic carbocycles. The molecule has 2 heterocycles. The number of allylic oxidation sites excluding steroid dienone is 1. The van der Waals surface area contributed by atoms with E-state index in [2.05, 4.69) is 32.3 Å². The molecule has 0 aliphatic carbocycles. The van der Waals surface area contributed by atoms with Crippen LogP contribution in [0.4, 0.5) is 5.13 Å². The van der Waals surface area contributed by atoms with E-state index in [9.17, 15) is 0 Å². The molecule has 0 unspecified atom stereocenters.